The van der Waals surface area contributed by atoms with E-state index in [1.165, 1.54) is 39.9 Å². The fraction of sp³-hybridized carbons (Fsp3) is 0.364. The number of pyridine rings is 3. The normalized spacial score (nSPS) is 18.2. The number of benzene rings is 1. The summed E-state index contributed by atoms with van der Waals surface area (Å²) >= 11 is 0. The predicted octanol–water partition coefficient (Wildman–Crippen LogP) is 4.79. The van der Waals surface area contributed by atoms with Crippen LogP contribution >= 0.6 is 21.6 Å². The van der Waals surface area contributed by atoms with Crippen molar-refractivity contribution in [3.8, 4) is 11.4 Å². The highest BCUT2D eigenvalue weighted by molar-refractivity contribution is 8.77. The molecule has 1 aromatic carbocycles. The Morgan fingerprint density at radius 1 is 1.21 bits per heavy atom. The molecule has 5 heterocycles. The molecule has 3 aromatic heterocycles. The molecule has 1 aliphatic carbocycles. The van der Waals surface area contributed by atoms with Crippen molar-refractivity contribution < 1.29 is 29.1 Å². The summed E-state index contributed by atoms with van der Waals surface area (Å²) in [5.41, 5.74) is 4.31. The van der Waals surface area contributed by atoms with Gasteiger partial charge in [-0.1, -0.05) is 23.8 Å². The monoisotopic (exact) mass is 674 g/mol. The highest BCUT2D eigenvalue weighted by atomic mass is 33.1. The number of ether oxygens (including phenoxy) is 2. The molecule has 7 rings (SSSR count). The standard InChI is InChI=1S/C33H30N4O8S2/c1-3-33(41)23-13-26-29-21(14-36(26)31(39)22(23)16-45-32(33)40)20-7-4-6-19-18(9-10-24(35-29)28(19)20)12-27(38)44-15-17(2)46-47-30-25(37(42)43)8-5-11-34-30/h5,8-11,13,17,41H,3-4,6-7,12,14-16H2,1-2H3/t17-,33+/m1/s1. The van der Waals surface area contributed by atoms with E-state index in [1.807, 2.05) is 19.1 Å². The van der Waals surface area contributed by atoms with Crippen LogP contribution in [0.15, 0.2) is 46.3 Å². The first-order chi connectivity index (χ1) is 22.6. The van der Waals surface area contributed by atoms with Crippen molar-refractivity contribution in [2.75, 3.05) is 6.61 Å². The average Bonchev–Trinajstić information content (AvgIpc) is 3.45. The number of hydrogen-bond acceptors (Lipinski definition) is 12. The summed E-state index contributed by atoms with van der Waals surface area (Å²) < 4.78 is 12.5. The third-order valence-electron chi connectivity index (χ3n) is 9.08. The molecule has 1 N–H and O–H groups in total. The lowest BCUT2D eigenvalue weighted by atomic mass is 9.83. The second-order valence-corrected chi connectivity index (χ2v) is 14.5. The first-order valence-electron chi connectivity index (χ1n) is 15.3. The van der Waals surface area contributed by atoms with Gasteiger partial charge in [0.15, 0.2) is 10.6 Å². The van der Waals surface area contributed by atoms with Gasteiger partial charge >= 0.3 is 17.6 Å². The van der Waals surface area contributed by atoms with E-state index in [4.69, 9.17) is 14.5 Å². The van der Waals surface area contributed by atoms with E-state index in [0.717, 1.165) is 52.4 Å². The zero-order chi connectivity index (χ0) is 33.0. The number of carbonyl (C=O) groups excluding carboxylic acids is 2. The van der Waals surface area contributed by atoms with E-state index in [9.17, 15) is 29.6 Å². The van der Waals surface area contributed by atoms with E-state index >= 15 is 0 Å². The molecule has 2 aliphatic heterocycles. The van der Waals surface area contributed by atoms with Gasteiger partial charge in [0.25, 0.3) is 5.56 Å². The Bertz CT molecular complexity index is 2070. The van der Waals surface area contributed by atoms with Crippen LogP contribution in [-0.4, -0.2) is 48.4 Å². The fourth-order valence-electron chi connectivity index (χ4n) is 6.71. The van der Waals surface area contributed by atoms with Crippen molar-refractivity contribution in [2.24, 2.45) is 0 Å². The molecular formula is C33H30N4O8S2. The second kappa shape index (κ2) is 12.1. The molecule has 0 amide bonds. The number of rotatable bonds is 9. The number of aliphatic hydroxyl groups is 1. The number of nitro groups is 1. The summed E-state index contributed by atoms with van der Waals surface area (Å²) in [4.78, 5) is 59.0. The largest absolute Gasteiger partial charge is 0.464 e. The van der Waals surface area contributed by atoms with Gasteiger partial charge < -0.3 is 19.1 Å². The van der Waals surface area contributed by atoms with Crippen LogP contribution in [0.5, 0.6) is 0 Å². The maximum absolute atomic E-state index is 13.6. The highest BCUT2D eigenvalue weighted by Gasteiger charge is 2.45. The summed E-state index contributed by atoms with van der Waals surface area (Å²) in [7, 11) is 2.53. The molecule has 0 radical (unpaired) electrons. The van der Waals surface area contributed by atoms with Gasteiger partial charge in [0, 0.05) is 34.0 Å². The number of fused-ring (bicyclic) bond motifs is 5. The molecule has 14 heteroatoms. The molecule has 0 saturated carbocycles. The van der Waals surface area contributed by atoms with Crippen LogP contribution in [0.4, 0.5) is 5.69 Å². The smallest absolute Gasteiger partial charge is 0.343 e. The minimum absolute atomic E-state index is 0.0659. The Morgan fingerprint density at radius 3 is 2.81 bits per heavy atom. The number of aromatic nitrogens is 3. The molecule has 47 heavy (non-hydrogen) atoms. The highest BCUT2D eigenvalue weighted by Crippen LogP contribution is 2.43. The zero-order valence-corrected chi connectivity index (χ0v) is 27.2. The van der Waals surface area contributed by atoms with Crippen molar-refractivity contribution in [3.63, 3.8) is 0 Å². The number of carbonyl (C=O) groups is 2. The van der Waals surface area contributed by atoms with Gasteiger partial charge in [-0.05, 0) is 78.3 Å². The van der Waals surface area contributed by atoms with E-state index in [2.05, 4.69) is 4.98 Å². The molecule has 4 aromatic rings. The summed E-state index contributed by atoms with van der Waals surface area (Å²) in [6.45, 7) is 3.85. The van der Waals surface area contributed by atoms with Crippen molar-refractivity contribution >= 4 is 50.1 Å². The van der Waals surface area contributed by atoms with E-state index < -0.39 is 16.5 Å². The number of nitrogens with zero attached hydrogens (tertiary/aromatic N) is 4. The molecule has 0 spiro atoms. The Kier molecular flexibility index (Phi) is 8.05. The van der Waals surface area contributed by atoms with Crippen LogP contribution in [0.3, 0.4) is 0 Å². The molecule has 0 unspecified atom stereocenters. The minimum atomic E-state index is -1.89. The van der Waals surface area contributed by atoms with Gasteiger partial charge in [-0.3, -0.25) is 19.7 Å². The quantitative estimate of drug-likeness (QED) is 0.0986. The third kappa shape index (κ3) is 5.28. The predicted molar refractivity (Wildman–Crippen MR) is 175 cm³/mol. The summed E-state index contributed by atoms with van der Waals surface area (Å²) in [6.07, 6.45) is 4.12. The number of cyclic esters (lactones) is 1. The Morgan fingerprint density at radius 2 is 2.02 bits per heavy atom. The van der Waals surface area contributed by atoms with Gasteiger partial charge in [-0.25, -0.2) is 14.8 Å². The molecule has 0 fully saturated rings. The molecule has 242 valence electrons. The van der Waals surface area contributed by atoms with Gasteiger partial charge in [0.2, 0.25) is 0 Å². The summed E-state index contributed by atoms with van der Waals surface area (Å²) in [5.74, 6) is -1.12. The van der Waals surface area contributed by atoms with Crippen LogP contribution < -0.4 is 5.56 Å². The lowest BCUT2D eigenvalue weighted by Crippen LogP contribution is -2.44. The SMILES string of the molecule is CC[C@@]1(O)C(=O)OCc2c1cc1n(c2=O)Cc2c-1nc1ccc(CC(=O)OC[C@@H](C)SSc3ncccc3[N+](=O)[O-])c3c1c2CCC3. The van der Waals surface area contributed by atoms with Crippen LogP contribution in [-0.2, 0) is 57.1 Å². The molecule has 3 aliphatic rings. The van der Waals surface area contributed by atoms with Crippen molar-refractivity contribution in [2.45, 2.75) is 75.0 Å². The summed E-state index contributed by atoms with van der Waals surface area (Å²) in [6, 6.07) is 8.45. The fourth-order valence-corrected chi connectivity index (χ4v) is 8.74. The van der Waals surface area contributed by atoms with Crippen molar-refractivity contribution in [1.29, 1.82) is 0 Å². The lowest BCUT2D eigenvalue weighted by Gasteiger charge is -2.31. The van der Waals surface area contributed by atoms with Gasteiger partial charge in [-0.2, -0.15) is 0 Å². The number of aryl methyl sites for hydroxylation is 2. The van der Waals surface area contributed by atoms with Crippen LogP contribution in [0.2, 0.25) is 0 Å². The Labute approximate surface area is 276 Å². The summed E-state index contributed by atoms with van der Waals surface area (Å²) in [5, 5.41) is 23.6. The van der Waals surface area contributed by atoms with Crippen LogP contribution in [0.25, 0.3) is 22.3 Å². The third-order valence-corrected chi connectivity index (χ3v) is 11.9. The Hall–Kier alpha value is -4.27. The maximum atomic E-state index is 13.6. The van der Waals surface area contributed by atoms with Crippen LogP contribution in [0.1, 0.15) is 60.1 Å². The molecular weight excluding hydrogens is 645 g/mol. The Balaban J connectivity index is 1.12. The van der Waals surface area contributed by atoms with E-state index in [0.29, 0.717) is 23.0 Å². The first-order valence-corrected chi connectivity index (χ1v) is 17.5. The molecule has 12 nitrogen and oxygen atoms in total. The maximum Gasteiger partial charge on any atom is 0.343 e. The van der Waals surface area contributed by atoms with E-state index in [1.54, 1.807) is 17.6 Å². The topological polar surface area (TPSA) is 164 Å². The molecule has 0 bridgehead atoms. The van der Waals surface area contributed by atoms with Gasteiger partial charge in [0.05, 0.1) is 40.4 Å². The average molecular weight is 675 g/mol. The zero-order valence-electron chi connectivity index (χ0n) is 25.6. The van der Waals surface area contributed by atoms with Crippen molar-refractivity contribution in [3.05, 3.63) is 90.4 Å². The second-order valence-electron chi connectivity index (χ2n) is 11.9. The van der Waals surface area contributed by atoms with Gasteiger partial charge in [0.1, 0.15) is 13.2 Å². The molecule has 0 saturated heterocycles. The minimum Gasteiger partial charge on any atom is -0.464 e. The molecule has 2 atom stereocenters. The van der Waals surface area contributed by atoms with Gasteiger partial charge in [-0.15, -0.1) is 0 Å². The van der Waals surface area contributed by atoms with Crippen LogP contribution in [0, 0.1) is 10.1 Å². The first kappa shape index (κ1) is 31.3. The number of hydrogen-bond donors (Lipinski definition) is 1. The number of esters is 2. The lowest BCUT2D eigenvalue weighted by molar-refractivity contribution is -0.388. The van der Waals surface area contributed by atoms with Crippen molar-refractivity contribution in [1.82, 2.24) is 14.5 Å². The van der Waals surface area contributed by atoms with E-state index in [-0.39, 0.29) is 59.6 Å².